The second kappa shape index (κ2) is 3.61. The van der Waals surface area contributed by atoms with Gasteiger partial charge >= 0.3 is 0 Å². The summed E-state index contributed by atoms with van der Waals surface area (Å²) in [6.45, 7) is 0. The maximum atomic E-state index is 9.01. The first-order chi connectivity index (χ1) is 5.33. The van der Waals surface area contributed by atoms with E-state index >= 15 is 0 Å². The molecule has 0 bridgehead atoms. The van der Waals surface area contributed by atoms with Crippen LogP contribution in [-0.2, 0) is 4.84 Å². The van der Waals surface area contributed by atoms with E-state index in [4.69, 9.17) is 5.11 Å². The zero-order valence-electron chi connectivity index (χ0n) is 6.19. The predicted octanol–water partition coefficient (Wildman–Crippen LogP) is 1.37. The van der Waals surface area contributed by atoms with E-state index in [1.165, 1.54) is 13.3 Å². The maximum Gasteiger partial charge on any atom is 0.116 e. The first-order valence-electron chi connectivity index (χ1n) is 3.18. The molecule has 1 rings (SSSR count). The largest absolute Gasteiger partial charge is 0.508 e. The van der Waals surface area contributed by atoms with E-state index in [1.54, 1.807) is 18.2 Å². The lowest BCUT2D eigenvalue weighted by molar-refractivity contribution is 0.215. The molecule has 0 saturated carbocycles. The van der Waals surface area contributed by atoms with Crippen molar-refractivity contribution < 1.29 is 9.94 Å². The lowest BCUT2D eigenvalue weighted by Crippen LogP contribution is -1.80. The third kappa shape index (κ3) is 2.29. The van der Waals surface area contributed by atoms with Crippen molar-refractivity contribution in [3.63, 3.8) is 0 Å². The summed E-state index contributed by atoms with van der Waals surface area (Å²) in [5.41, 5.74) is 0.812. The average molecular weight is 151 g/mol. The maximum absolute atomic E-state index is 9.01. The highest BCUT2D eigenvalue weighted by atomic mass is 16.6. The van der Waals surface area contributed by atoms with Crippen LogP contribution < -0.4 is 0 Å². The Morgan fingerprint density at radius 2 is 2.36 bits per heavy atom. The number of hydrogen-bond donors (Lipinski definition) is 1. The smallest absolute Gasteiger partial charge is 0.116 e. The molecule has 0 unspecified atom stereocenters. The number of rotatable bonds is 2. The van der Waals surface area contributed by atoms with Gasteiger partial charge in [0.05, 0.1) is 6.21 Å². The van der Waals surface area contributed by atoms with E-state index in [0.29, 0.717) is 0 Å². The van der Waals surface area contributed by atoms with Gasteiger partial charge in [-0.1, -0.05) is 17.3 Å². The Hall–Kier alpha value is -1.51. The molecule has 1 aromatic carbocycles. The molecule has 3 heteroatoms. The highest BCUT2D eigenvalue weighted by Gasteiger charge is 1.88. The average Bonchev–Trinajstić information content (AvgIpc) is 2.01. The van der Waals surface area contributed by atoms with E-state index in [0.717, 1.165) is 5.56 Å². The van der Waals surface area contributed by atoms with Crippen LogP contribution in [0.25, 0.3) is 0 Å². The van der Waals surface area contributed by atoms with Gasteiger partial charge in [-0.25, -0.2) is 0 Å². The van der Waals surface area contributed by atoms with Gasteiger partial charge in [0.15, 0.2) is 0 Å². The van der Waals surface area contributed by atoms with Crippen molar-refractivity contribution in [2.24, 2.45) is 5.16 Å². The van der Waals surface area contributed by atoms with Gasteiger partial charge in [-0.15, -0.1) is 0 Å². The molecule has 1 N–H and O–H groups in total. The van der Waals surface area contributed by atoms with Crippen LogP contribution in [0.2, 0.25) is 0 Å². The van der Waals surface area contributed by atoms with E-state index < -0.39 is 0 Å². The van der Waals surface area contributed by atoms with Crippen LogP contribution in [0.1, 0.15) is 5.56 Å². The summed E-state index contributed by atoms with van der Waals surface area (Å²) in [6.07, 6.45) is 1.53. The topological polar surface area (TPSA) is 41.8 Å². The van der Waals surface area contributed by atoms with Crippen molar-refractivity contribution in [1.82, 2.24) is 0 Å². The summed E-state index contributed by atoms with van der Waals surface area (Å²) in [5, 5.41) is 12.6. The molecule has 0 aliphatic carbocycles. The third-order valence-corrected chi connectivity index (χ3v) is 1.18. The minimum atomic E-state index is 0.227. The summed E-state index contributed by atoms with van der Waals surface area (Å²) < 4.78 is 0. The van der Waals surface area contributed by atoms with Crippen molar-refractivity contribution in [3.8, 4) is 5.75 Å². The Bertz CT molecular complexity index is 258. The van der Waals surface area contributed by atoms with Crippen molar-refractivity contribution in [3.05, 3.63) is 29.8 Å². The Morgan fingerprint density at radius 3 is 3.00 bits per heavy atom. The molecule has 0 fully saturated rings. The Morgan fingerprint density at radius 1 is 1.55 bits per heavy atom. The van der Waals surface area contributed by atoms with Gasteiger partial charge in [-0.2, -0.15) is 0 Å². The number of phenols is 1. The van der Waals surface area contributed by atoms with Crippen LogP contribution >= 0.6 is 0 Å². The molecule has 0 amide bonds. The second-order valence-electron chi connectivity index (χ2n) is 2.01. The van der Waals surface area contributed by atoms with Crippen LogP contribution in [-0.4, -0.2) is 18.4 Å². The molecule has 0 spiro atoms. The zero-order valence-corrected chi connectivity index (χ0v) is 6.19. The van der Waals surface area contributed by atoms with Gasteiger partial charge in [-0.05, 0) is 17.7 Å². The van der Waals surface area contributed by atoms with Crippen LogP contribution in [0.4, 0.5) is 0 Å². The normalized spacial score (nSPS) is 10.3. The molecular formula is C8H9NO2. The molecular weight excluding hydrogens is 142 g/mol. The highest BCUT2D eigenvalue weighted by Crippen LogP contribution is 2.08. The molecule has 0 radical (unpaired) electrons. The van der Waals surface area contributed by atoms with Gasteiger partial charge in [0.2, 0.25) is 0 Å². The van der Waals surface area contributed by atoms with Crippen molar-refractivity contribution in [1.29, 1.82) is 0 Å². The lowest BCUT2D eigenvalue weighted by Gasteiger charge is -1.92. The van der Waals surface area contributed by atoms with Crippen LogP contribution in [0.5, 0.6) is 5.75 Å². The Labute approximate surface area is 64.9 Å². The van der Waals surface area contributed by atoms with Gasteiger partial charge in [-0.3, -0.25) is 0 Å². The number of nitrogens with zero attached hydrogens (tertiary/aromatic N) is 1. The van der Waals surface area contributed by atoms with Gasteiger partial charge < -0.3 is 9.94 Å². The molecule has 0 heterocycles. The van der Waals surface area contributed by atoms with Crippen LogP contribution in [0, 0.1) is 0 Å². The molecule has 0 aromatic heterocycles. The molecule has 0 aliphatic heterocycles. The summed E-state index contributed by atoms with van der Waals surface area (Å²) in [6, 6.07) is 6.77. The van der Waals surface area contributed by atoms with E-state index in [9.17, 15) is 0 Å². The fourth-order valence-electron chi connectivity index (χ4n) is 0.719. The number of benzene rings is 1. The van der Waals surface area contributed by atoms with Gasteiger partial charge in [0.25, 0.3) is 0 Å². The quantitative estimate of drug-likeness (QED) is 0.512. The van der Waals surface area contributed by atoms with E-state index in [-0.39, 0.29) is 5.75 Å². The minimum Gasteiger partial charge on any atom is -0.508 e. The summed E-state index contributed by atoms with van der Waals surface area (Å²) in [7, 11) is 1.47. The monoisotopic (exact) mass is 151 g/mol. The van der Waals surface area contributed by atoms with E-state index in [1.807, 2.05) is 6.07 Å². The Kier molecular flexibility index (Phi) is 2.49. The van der Waals surface area contributed by atoms with Crippen molar-refractivity contribution in [2.75, 3.05) is 7.11 Å². The fraction of sp³-hybridized carbons (Fsp3) is 0.125. The van der Waals surface area contributed by atoms with Crippen LogP contribution in [0.15, 0.2) is 29.4 Å². The zero-order chi connectivity index (χ0) is 8.10. The number of aromatic hydroxyl groups is 1. The first kappa shape index (κ1) is 7.60. The first-order valence-corrected chi connectivity index (χ1v) is 3.18. The fourth-order valence-corrected chi connectivity index (χ4v) is 0.719. The molecule has 0 saturated heterocycles. The predicted molar refractivity (Wildman–Crippen MR) is 42.7 cm³/mol. The van der Waals surface area contributed by atoms with Crippen molar-refractivity contribution >= 4 is 6.21 Å². The molecule has 11 heavy (non-hydrogen) atoms. The molecule has 1 aromatic rings. The Balaban J connectivity index is 2.79. The SMILES string of the molecule is CO/N=C\c1cccc(O)c1. The van der Waals surface area contributed by atoms with Gasteiger partial charge in [0.1, 0.15) is 12.9 Å². The molecule has 58 valence electrons. The van der Waals surface area contributed by atoms with Crippen molar-refractivity contribution in [2.45, 2.75) is 0 Å². The standard InChI is InChI=1S/C8H9NO2/c1-11-9-6-7-3-2-4-8(10)5-7/h2-6,10H,1H3/b9-6-. The summed E-state index contributed by atoms with van der Waals surface area (Å²) in [4.78, 5) is 4.47. The molecule has 3 nitrogen and oxygen atoms in total. The number of hydrogen-bond acceptors (Lipinski definition) is 3. The van der Waals surface area contributed by atoms with Crippen LogP contribution in [0.3, 0.4) is 0 Å². The lowest BCUT2D eigenvalue weighted by atomic mass is 10.2. The van der Waals surface area contributed by atoms with E-state index in [2.05, 4.69) is 9.99 Å². The highest BCUT2D eigenvalue weighted by molar-refractivity contribution is 5.79. The number of phenolic OH excluding ortho intramolecular Hbond substituents is 1. The summed E-state index contributed by atoms with van der Waals surface area (Å²) >= 11 is 0. The number of oxime groups is 1. The molecule has 0 aliphatic rings. The minimum absolute atomic E-state index is 0.227. The molecule has 0 atom stereocenters. The third-order valence-electron chi connectivity index (χ3n) is 1.18. The second-order valence-corrected chi connectivity index (χ2v) is 2.01. The summed E-state index contributed by atoms with van der Waals surface area (Å²) in [5.74, 6) is 0.227. The van der Waals surface area contributed by atoms with Gasteiger partial charge in [0, 0.05) is 0 Å².